The molecule has 4 nitrogen and oxygen atoms in total. The van der Waals surface area contributed by atoms with Crippen molar-refractivity contribution in [3.63, 3.8) is 0 Å². The Bertz CT molecular complexity index is 558. The van der Waals surface area contributed by atoms with Gasteiger partial charge in [0.1, 0.15) is 11.6 Å². The Morgan fingerprint density at radius 1 is 1.59 bits per heavy atom. The fourth-order valence-corrected chi connectivity index (χ4v) is 2.76. The third kappa shape index (κ3) is 1.60. The summed E-state index contributed by atoms with van der Waals surface area (Å²) in [6, 6.07) is 2.24. The molecular weight excluding hydrogens is 282 g/mol. The van der Waals surface area contributed by atoms with Gasteiger partial charge in [-0.3, -0.25) is 0 Å². The van der Waals surface area contributed by atoms with E-state index < -0.39 is 0 Å². The summed E-state index contributed by atoms with van der Waals surface area (Å²) in [6.45, 7) is 1.95. The Labute approximate surface area is 108 Å². The van der Waals surface area contributed by atoms with Crippen LogP contribution in [0.5, 0.6) is 0 Å². The normalized spacial score (nSPS) is 19.3. The zero-order valence-electron chi connectivity index (χ0n) is 9.61. The predicted octanol–water partition coefficient (Wildman–Crippen LogP) is 3.05. The van der Waals surface area contributed by atoms with Crippen molar-refractivity contribution in [2.24, 2.45) is 0 Å². The lowest BCUT2D eigenvalue weighted by Gasteiger charge is -2.22. The standard InChI is InChI=1S/C12H14BrN3O/c1-7-11(13)12(14)16(15-7)9-3-2-4-10-8(9)5-6-17-10/h5-6,9H,2-4,14H2,1H3. The third-order valence-corrected chi connectivity index (χ3v) is 4.34. The van der Waals surface area contributed by atoms with Crippen LogP contribution in [0.25, 0.3) is 0 Å². The molecule has 2 aromatic heterocycles. The lowest BCUT2D eigenvalue weighted by molar-refractivity contribution is 0.408. The molecule has 0 saturated carbocycles. The molecule has 2 heterocycles. The highest BCUT2D eigenvalue weighted by molar-refractivity contribution is 9.10. The fourth-order valence-electron chi connectivity index (χ4n) is 2.50. The van der Waals surface area contributed by atoms with E-state index in [4.69, 9.17) is 10.2 Å². The number of nitrogens with two attached hydrogens (primary N) is 1. The minimum Gasteiger partial charge on any atom is -0.469 e. The highest BCUT2D eigenvalue weighted by atomic mass is 79.9. The summed E-state index contributed by atoms with van der Waals surface area (Å²) < 4.78 is 8.30. The second-order valence-electron chi connectivity index (χ2n) is 4.44. The maximum absolute atomic E-state index is 6.08. The molecule has 0 aromatic carbocycles. The molecule has 0 spiro atoms. The molecule has 3 rings (SSSR count). The van der Waals surface area contributed by atoms with E-state index in [2.05, 4.69) is 21.0 Å². The summed E-state index contributed by atoms with van der Waals surface area (Å²) in [7, 11) is 0. The van der Waals surface area contributed by atoms with Crippen molar-refractivity contribution in [2.45, 2.75) is 32.2 Å². The van der Waals surface area contributed by atoms with Gasteiger partial charge in [-0.2, -0.15) is 5.10 Å². The average molecular weight is 296 g/mol. The first kappa shape index (κ1) is 10.9. The monoisotopic (exact) mass is 295 g/mol. The van der Waals surface area contributed by atoms with Crippen LogP contribution in [0, 0.1) is 6.92 Å². The molecule has 0 amide bonds. The molecule has 0 radical (unpaired) electrons. The largest absolute Gasteiger partial charge is 0.469 e. The quantitative estimate of drug-likeness (QED) is 0.880. The topological polar surface area (TPSA) is 57.0 Å². The second kappa shape index (κ2) is 3.91. The molecule has 1 aliphatic rings. The van der Waals surface area contributed by atoms with E-state index in [-0.39, 0.29) is 6.04 Å². The molecular formula is C12H14BrN3O. The SMILES string of the molecule is Cc1nn(C2CCCc3occc32)c(N)c1Br. The molecule has 90 valence electrons. The Morgan fingerprint density at radius 3 is 3.12 bits per heavy atom. The first-order chi connectivity index (χ1) is 8.18. The van der Waals surface area contributed by atoms with E-state index in [1.54, 1.807) is 6.26 Å². The maximum Gasteiger partial charge on any atom is 0.137 e. The second-order valence-corrected chi connectivity index (χ2v) is 5.23. The number of hydrogen-bond acceptors (Lipinski definition) is 3. The molecule has 1 atom stereocenters. The highest BCUT2D eigenvalue weighted by Gasteiger charge is 2.27. The number of rotatable bonds is 1. The number of hydrogen-bond donors (Lipinski definition) is 1. The van der Waals surface area contributed by atoms with Crippen LogP contribution < -0.4 is 5.73 Å². The first-order valence-electron chi connectivity index (χ1n) is 5.75. The van der Waals surface area contributed by atoms with Gasteiger partial charge in [0.2, 0.25) is 0 Å². The number of aromatic nitrogens is 2. The van der Waals surface area contributed by atoms with Gasteiger partial charge >= 0.3 is 0 Å². The lowest BCUT2D eigenvalue weighted by Crippen LogP contribution is -2.18. The van der Waals surface area contributed by atoms with E-state index >= 15 is 0 Å². The van der Waals surface area contributed by atoms with Crippen LogP contribution in [-0.2, 0) is 6.42 Å². The summed E-state index contributed by atoms with van der Waals surface area (Å²) in [4.78, 5) is 0. The number of aryl methyl sites for hydroxylation is 2. The van der Waals surface area contributed by atoms with E-state index in [9.17, 15) is 0 Å². The van der Waals surface area contributed by atoms with Crippen molar-refractivity contribution in [3.05, 3.63) is 33.8 Å². The summed E-state index contributed by atoms with van der Waals surface area (Å²) in [5.41, 5.74) is 8.23. The Morgan fingerprint density at radius 2 is 2.41 bits per heavy atom. The lowest BCUT2D eigenvalue weighted by atomic mass is 9.93. The number of nitrogen functional groups attached to an aromatic ring is 1. The number of anilines is 1. The van der Waals surface area contributed by atoms with Crippen LogP contribution in [0.2, 0.25) is 0 Å². The average Bonchev–Trinajstić information content (AvgIpc) is 2.89. The van der Waals surface area contributed by atoms with Crippen LogP contribution >= 0.6 is 15.9 Å². The summed E-state index contributed by atoms with van der Waals surface area (Å²) in [6.07, 6.45) is 4.94. The van der Waals surface area contributed by atoms with Gasteiger partial charge in [-0.15, -0.1) is 0 Å². The van der Waals surface area contributed by atoms with Gasteiger partial charge < -0.3 is 10.2 Å². The van der Waals surface area contributed by atoms with Crippen LogP contribution in [0.1, 0.15) is 35.9 Å². The van der Waals surface area contributed by atoms with Crippen LogP contribution in [0.4, 0.5) is 5.82 Å². The van der Waals surface area contributed by atoms with Crippen LogP contribution in [-0.4, -0.2) is 9.78 Å². The van der Waals surface area contributed by atoms with E-state index in [0.717, 1.165) is 35.2 Å². The maximum atomic E-state index is 6.08. The summed E-state index contributed by atoms with van der Waals surface area (Å²) in [5.74, 6) is 1.77. The zero-order valence-corrected chi connectivity index (χ0v) is 11.2. The van der Waals surface area contributed by atoms with Gasteiger partial charge in [0.15, 0.2) is 0 Å². The van der Waals surface area contributed by atoms with Crippen LogP contribution in [0.15, 0.2) is 21.2 Å². The molecule has 0 saturated heterocycles. The first-order valence-corrected chi connectivity index (χ1v) is 6.54. The molecule has 0 aliphatic heterocycles. The Hall–Kier alpha value is -1.23. The van der Waals surface area contributed by atoms with E-state index in [0.29, 0.717) is 5.82 Å². The van der Waals surface area contributed by atoms with Gasteiger partial charge in [-0.1, -0.05) is 0 Å². The number of fused-ring (bicyclic) bond motifs is 1. The van der Waals surface area contributed by atoms with Crippen LogP contribution in [0.3, 0.4) is 0 Å². The molecule has 2 N–H and O–H groups in total. The van der Waals surface area contributed by atoms with Crippen molar-refractivity contribution in [1.29, 1.82) is 0 Å². The van der Waals surface area contributed by atoms with Gasteiger partial charge in [-0.05, 0) is 41.8 Å². The van der Waals surface area contributed by atoms with Gasteiger partial charge in [-0.25, -0.2) is 4.68 Å². The van der Waals surface area contributed by atoms with Gasteiger partial charge in [0.05, 0.1) is 22.5 Å². The Kier molecular flexibility index (Phi) is 2.50. The molecule has 0 bridgehead atoms. The van der Waals surface area contributed by atoms with Crippen molar-refractivity contribution >= 4 is 21.7 Å². The Balaban J connectivity index is 2.09. The molecule has 17 heavy (non-hydrogen) atoms. The number of nitrogens with zero attached hydrogens (tertiary/aromatic N) is 2. The minimum absolute atomic E-state index is 0.211. The van der Waals surface area contributed by atoms with Gasteiger partial charge in [0, 0.05) is 12.0 Å². The number of halogens is 1. The third-order valence-electron chi connectivity index (χ3n) is 3.36. The molecule has 1 unspecified atom stereocenters. The summed E-state index contributed by atoms with van der Waals surface area (Å²) in [5, 5.41) is 4.52. The van der Waals surface area contributed by atoms with Crippen molar-refractivity contribution in [2.75, 3.05) is 5.73 Å². The number of furan rings is 1. The fraction of sp³-hybridized carbons (Fsp3) is 0.417. The van der Waals surface area contributed by atoms with Crippen molar-refractivity contribution < 1.29 is 4.42 Å². The van der Waals surface area contributed by atoms with Crippen molar-refractivity contribution in [1.82, 2.24) is 9.78 Å². The van der Waals surface area contributed by atoms with Crippen molar-refractivity contribution in [3.8, 4) is 0 Å². The molecule has 1 aliphatic carbocycles. The minimum atomic E-state index is 0.211. The molecule has 0 fully saturated rings. The van der Waals surface area contributed by atoms with E-state index in [1.165, 1.54) is 5.56 Å². The highest BCUT2D eigenvalue weighted by Crippen LogP contribution is 2.36. The molecule has 2 aromatic rings. The van der Waals surface area contributed by atoms with Gasteiger partial charge in [0.25, 0.3) is 0 Å². The van der Waals surface area contributed by atoms with E-state index in [1.807, 2.05) is 17.7 Å². The summed E-state index contributed by atoms with van der Waals surface area (Å²) >= 11 is 3.47. The predicted molar refractivity (Wildman–Crippen MR) is 68.9 cm³/mol. The molecule has 5 heteroatoms. The smallest absolute Gasteiger partial charge is 0.137 e. The zero-order chi connectivity index (χ0) is 12.0.